The van der Waals surface area contributed by atoms with Crippen LogP contribution in [0, 0.1) is 0 Å². The van der Waals surface area contributed by atoms with Gasteiger partial charge in [-0.1, -0.05) is 6.92 Å². The second kappa shape index (κ2) is 4.66. The van der Waals surface area contributed by atoms with Crippen molar-refractivity contribution in [2.24, 2.45) is 0 Å². The number of hydrogen-bond donors (Lipinski definition) is 2. The van der Waals surface area contributed by atoms with Crippen molar-refractivity contribution < 1.29 is 4.74 Å². The molecule has 3 heteroatoms. The van der Waals surface area contributed by atoms with E-state index < -0.39 is 0 Å². The van der Waals surface area contributed by atoms with E-state index in [-0.39, 0.29) is 0 Å². The number of morpholine rings is 1. The van der Waals surface area contributed by atoms with Crippen LogP contribution < -0.4 is 10.6 Å². The van der Waals surface area contributed by atoms with Crippen LogP contribution in [0.15, 0.2) is 0 Å². The molecule has 1 rings (SSSR count). The van der Waals surface area contributed by atoms with Crippen molar-refractivity contribution in [2.45, 2.75) is 19.5 Å². The maximum Gasteiger partial charge on any atom is 0.0814 e. The van der Waals surface area contributed by atoms with Gasteiger partial charge in [0.15, 0.2) is 0 Å². The molecule has 1 atom stereocenters. The number of hydrogen-bond acceptors (Lipinski definition) is 3. The van der Waals surface area contributed by atoms with Crippen LogP contribution in [-0.4, -0.2) is 32.5 Å². The lowest BCUT2D eigenvalue weighted by Gasteiger charge is -2.24. The summed E-state index contributed by atoms with van der Waals surface area (Å²) in [5, 5.41) is 6.65. The molecular weight excluding hydrogens is 128 g/mol. The molecule has 60 valence electrons. The highest BCUT2D eigenvalue weighted by molar-refractivity contribution is 4.66. The van der Waals surface area contributed by atoms with Gasteiger partial charge in [-0.05, 0) is 13.0 Å². The molecule has 1 aliphatic rings. The first kappa shape index (κ1) is 7.98. The van der Waals surface area contributed by atoms with Gasteiger partial charge in [0.2, 0.25) is 0 Å². The summed E-state index contributed by atoms with van der Waals surface area (Å²) in [6, 6.07) is 0. The van der Waals surface area contributed by atoms with Crippen LogP contribution in [0.2, 0.25) is 0 Å². The van der Waals surface area contributed by atoms with Crippen LogP contribution in [0.25, 0.3) is 0 Å². The molecule has 3 nitrogen and oxygen atoms in total. The average Bonchev–Trinajstić information content (AvgIpc) is 2.03. The summed E-state index contributed by atoms with van der Waals surface area (Å²) in [7, 11) is 0. The molecule has 1 aliphatic heterocycles. The van der Waals surface area contributed by atoms with Crippen LogP contribution in [0.4, 0.5) is 0 Å². The molecule has 0 radical (unpaired) electrons. The predicted octanol–water partition coefficient (Wildman–Crippen LogP) is -0.0681. The Morgan fingerprint density at radius 2 is 2.60 bits per heavy atom. The van der Waals surface area contributed by atoms with E-state index >= 15 is 0 Å². The Labute approximate surface area is 62.1 Å². The van der Waals surface area contributed by atoms with Crippen molar-refractivity contribution >= 4 is 0 Å². The van der Waals surface area contributed by atoms with Crippen LogP contribution in [0.5, 0.6) is 0 Å². The Kier molecular flexibility index (Phi) is 3.72. The summed E-state index contributed by atoms with van der Waals surface area (Å²) < 4.78 is 5.25. The van der Waals surface area contributed by atoms with Crippen LogP contribution in [-0.2, 0) is 4.74 Å². The van der Waals surface area contributed by atoms with Crippen molar-refractivity contribution in [3.05, 3.63) is 0 Å². The van der Waals surface area contributed by atoms with Gasteiger partial charge in [0, 0.05) is 6.54 Å². The summed E-state index contributed by atoms with van der Waals surface area (Å²) in [6.45, 7) is 5.86. The average molecular weight is 144 g/mol. The summed E-state index contributed by atoms with van der Waals surface area (Å²) >= 11 is 0. The first-order valence-corrected chi connectivity index (χ1v) is 3.98. The highest BCUT2D eigenvalue weighted by atomic mass is 16.5. The van der Waals surface area contributed by atoms with Crippen molar-refractivity contribution in [2.75, 3.05) is 26.3 Å². The molecule has 0 aliphatic carbocycles. The summed E-state index contributed by atoms with van der Waals surface area (Å²) in [5.41, 5.74) is 0. The minimum absolute atomic E-state index is 0.383. The van der Waals surface area contributed by atoms with Gasteiger partial charge in [-0.2, -0.15) is 0 Å². The van der Waals surface area contributed by atoms with E-state index in [2.05, 4.69) is 17.6 Å². The minimum atomic E-state index is 0.383. The van der Waals surface area contributed by atoms with Crippen molar-refractivity contribution in [3.8, 4) is 0 Å². The summed E-state index contributed by atoms with van der Waals surface area (Å²) in [5.74, 6) is 0. The van der Waals surface area contributed by atoms with Crippen LogP contribution >= 0.6 is 0 Å². The van der Waals surface area contributed by atoms with Crippen LogP contribution in [0.1, 0.15) is 13.3 Å². The highest BCUT2D eigenvalue weighted by Crippen LogP contribution is 1.88. The molecule has 0 aromatic rings. The third-order valence-electron chi connectivity index (χ3n) is 1.56. The molecule has 0 amide bonds. The topological polar surface area (TPSA) is 33.3 Å². The monoisotopic (exact) mass is 144 g/mol. The lowest BCUT2D eigenvalue weighted by atomic mass is 10.4. The Hall–Kier alpha value is -0.120. The molecule has 0 spiro atoms. The van der Waals surface area contributed by atoms with Gasteiger partial charge < -0.3 is 4.74 Å². The molecule has 1 saturated heterocycles. The van der Waals surface area contributed by atoms with Gasteiger partial charge in [0.1, 0.15) is 0 Å². The van der Waals surface area contributed by atoms with E-state index in [9.17, 15) is 0 Å². The number of ether oxygens (including phenoxy) is 1. The Morgan fingerprint density at radius 1 is 1.70 bits per heavy atom. The maximum absolute atomic E-state index is 5.25. The van der Waals surface area contributed by atoms with Crippen molar-refractivity contribution in [1.29, 1.82) is 0 Å². The predicted molar refractivity (Wildman–Crippen MR) is 40.9 cm³/mol. The first-order valence-electron chi connectivity index (χ1n) is 3.98. The number of nitrogens with one attached hydrogen (secondary N) is 2. The molecule has 0 saturated carbocycles. The fourth-order valence-corrected chi connectivity index (χ4v) is 1.02. The Balaban J connectivity index is 2.02. The minimum Gasteiger partial charge on any atom is -0.377 e. The quantitative estimate of drug-likeness (QED) is 0.582. The molecule has 1 fully saturated rings. The SMILES string of the molecule is CCCN[C@@H]1COCCN1. The summed E-state index contributed by atoms with van der Waals surface area (Å²) in [4.78, 5) is 0. The van der Waals surface area contributed by atoms with Gasteiger partial charge >= 0.3 is 0 Å². The zero-order chi connectivity index (χ0) is 7.23. The van der Waals surface area contributed by atoms with Crippen molar-refractivity contribution in [3.63, 3.8) is 0 Å². The van der Waals surface area contributed by atoms with Gasteiger partial charge in [-0.25, -0.2) is 0 Å². The molecule has 0 aromatic heterocycles. The van der Waals surface area contributed by atoms with E-state index in [0.717, 1.165) is 26.3 Å². The van der Waals surface area contributed by atoms with E-state index in [4.69, 9.17) is 4.74 Å². The summed E-state index contributed by atoms with van der Waals surface area (Å²) in [6.07, 6.45) is 1.56. The van der Waals surface area contributed by atoms with E-state index in [1.165, 1.54) is 6.42 Å². The second-order valence-electron chi connectivity index (χ2n) is 2.54. The largest absolute Gasteiger partial charge is 0.377 e. The molecule has 2 N–H and O–H groups in total. The first-order chi connectivity index (χ1) is 4.93. The lowest BCUT2D eigenvalue weighted by molar-refractivity contribution is 0.0660. The maximum atomic E-state index is 5.25. The highest BCUT2D eigenvalue weighted by Gasteiger charge is 2.09. The van der Waals surface area contributed by atoms with Gasteiger partial charge in [0.25, 0.3) is 0 Å². The van der Waals surface area contributed by atoms with Crippen molar-refractivity contribution in [1.82, 2.24) is 10.6 Å². The lowest BCUT2D eigenvalue weighted by Crippen LogP contribution is -2.50. The molecule has 1 heterocycles. The van der Waals surface area contributed by atoms with Gasteiger partial charge in [-0.3, -0.25) is 10.6 Å². The second-order valence-corrected chi connectivity index (χ2v) is 2.54. The zero-order valence-electron chi connectivity index (χ0n) is 6.52. The molecule has 0 unspecified atom stereocenters. The van der Waals surface area contributed by atoms with Gasteiger partial charge in [0.05, 0.1) is 19.4 Å². The smallest absolute Gasteiger partial charge is 0.0814 e. The Morgan fingerprint density at radius 3 is 3.20 bits per heavy atom. The van der Waals surface area contributed by atoms with Crippen LogP contribution in [0.3, 0.4) is 0 Å². The third-order valence-corrected chi connectivity index (χ3v) is 1.56. The fraction of sp³-hybridized carbons (Fsp3) is 1.00. The molecule has 10 heavy (non-hydrogen) atoms. The molecule has 0 bridgehead atoms. The zero-order valence-corrected chi connectivity index (χ0v) is 6.52. The third kappa shape index (κ3) is 2.64. The van der Waals surface area contributed by atoms with E-state index in [1.54, 1.807) is 0 Å². The van der Waals surface area contributed by atoms with Gasteiger partial charge in [-0.15, -0.1) is 0 Å². The molecular formula is C7H16N2O. The Bertz CT molecular complexity index is 81.7. The van der Waals surface area contributed by atoms with E-state index in [0.29, 0.717) is 6.17 Å². The standard InChI is InChI=1S/C7H16N2O/c1-2-3-8-7-6-10-5-4-9-7/h7-9H,2-6H2,1H3/t7-/m0/s1. The van der Waals surface area contributed by atoms with E-state index in [1.807, 2.05) is 0 Å². The molecule has 0 aromatic carbocycles. The normalized spacial score (nSPS) is 26.7. The number of rotatable bonds is 3. The fourth-order valence-electron chi connectivity index (χ4n) is 1.02.